The number of aromatic nitrogens is 1. The van der Waals surface area contributed by atoms with Crippen LogP contribution in [0.2, 0.25) is 5.02 Å². The highest BCUT2D eigenvalue weighted by molar-refractivity contribution is 6.36. The number of rotatable bonds is 6. The van der Waals surface area contributed by atoms with Gasteiger partial charge in [0.1, 0.15) is 0 Å². The highest BCUT2D eigenvalue weighted by atomic mass is 35.5. The van der Waals surface area contributed by atoms with E-state index in [-0.39, 0.29) is 0 Å². The van der Waals surface area contributed by atoms with Crippen molar-refractivity contribution < 1.29 is 9.84 Å². The van der Waals surface area contributed by atoms with Crippen molar-refractivity contribution in [1.82, 2.24) is 15.6 Å². The topological polar surface area (TPSA) is 66.4 Å². The molecule has 1 atom stereocenters. The lowest BCUT2D eigenvalue weighted by Crippen LogP contribution is -2.11. The summed E-state index contributed by atoms with van der Waals surface area (Å²) in [7, 11) is 1.62. The van der Waals surface area contributed by atoms with Gasteiger partial charge in [0.25, 0.3) is 0 Å². The molecule has 3 N–H and O–H groups in total. The Bertz CT molecular complexity index is 1280. The fourth-order valence-corrected chi connectivity index (χ4v) is 5.12. The standard InChI is InChI=1S/C28H28ClN3O2/c1-17-26(33)14-20(31-17)16-30-15-19-12-13-25(32-28(19)34-2)24-11-5-10-23(27(24)29)22-9-4-7-18-6-3-8-21(18)22/h4-5,7,9-13,16,26,30-31,33H,1,3,6,8,14-15H2,2H3/b20-16+. The van der Waals surface area contributed by atoms with E-state index < -0.39 is 6.10 Å². The highest BCUT2D eigenvalue weighted by Gasteiger charge is 2.21. The van der Waals surface area contributed by atoms with Crippen molar-refractivity contribution in [2.24, 2.45) is 0 Å². The van der Waals surface area contributed by atoms with Crippen LogP contribution in [0.4, 0.5) is 0 Å². The number of aliphatic hydroxyl groups is 1. The van der Waals surface area contributed by atoms with E-state index in [1.165, 1.54) is 23.1 Å². The van der Waals surface area contributed by atoms with E-state index in [1.54, 1.807) is 7.11 Å². The van der Waals surface area contributed by atoms with Crippen LogP contribution in [0.15, 0.2) is 72.7 Å². The predicted molar refractivity (Wildman–Crippen MR) is 137 cm³/mol. The molecule has 2 heterocycles. The summed E-state index contributed by atoms with van der Waals surface area (Å²) in [4.78, 5) is 4.77. The average Bonchev–Trinajstić information content (AvgIpc) is 3.45. The molecule has 2 aromatic carbocycles. The second-order valence-electron chi connectivity index (χ2n) is 8.75. The lowest BCUT2D eigenvalue weighted by Gasteiger charge is -2.15. The zero-order valence-electron chi connectivity index (χ0n) is 19.2. The van der Waals surface area contributed by atoms with Gasteiger partial charge in [-0.05, 0) is 48.1 Å². The minimum absolute atomic E-state index is 0.527. The third-order valence-corrected chi connectivity index (χ3v) is 6.96. The van der Waals surface area contributed by atoms with E-state index >= 15 is 0 Å². The van der Waals surface area contributed by atoms with Crippen molar-refractivity contribution in [3.8, 4) is 28.3 Å². The van der Waals surface area contributed by atoms with Gasteiger partial charge in [0.2, 0.25) is 5.88 Å². The van der Waals surface area contributed by atoms with Gasteiger partial charge in [0.15, 0.2) is 0 Å². The number of benzene rings is 2. The van der Waals surface area contributed by atoms with Crippen molar-refractivity contribution in [3.05, 3.63) is 94.4 Å². The van der Waals surface area contributed by atoms with Crippen LogP contribution in [0.25, 0.3) is 22.4 Å². The summed E-state index contributed by atoms with van der Waals surface area (Å²) in [6.45, 7) is 4.33. The number of halogens is 1. The molecule has 5 rings (SSSR count). The molecular weight excluding hydrogens is 446 g/mol. The summed E-state index contributed by atoms with van der Waals surface area (Å²) >= 11 is 6.96. The smallest absolute Gasteiger partial charge is 0.218 e. The molecule has 1 fully saturated rings. The Hall–Kier alpha value is -3.28. The van der Waals surface area contributed by atoms with Gasteiger partial charge in [0, 0.05) is 47.2 Å². The molecule has 1 aromatic heterocycles. The summed E-state index contributed by atoms with van der Waals surface area (Å²) in [5.74, 6) is 0.550. The van der Waals surface area contributed by atoms with Gasteiger partial charge in [0.05, 0.1) is 23.9 Å². The highest BCUT2D eigenvalue weighted by Crippen LogP contribution is 2.40. The molecule has 0 bridgehead atoms. The zero-order chi connectivity index (χ0) is 23.7. The average molecular weight is 474 g/mol. The van der Waals surface area contributed by atoms with E-state index in [9.17, 15) is 5.11 Å². The van der Waals surface area contributed by atoms with E-state index in [0.29, 0.717) is 29.6 Å². The lowest BCUT2D eigenvalue weighted by molar-refractivity contribution is 0.222. The number of methoxy groups -OCH3 is 1. The Morgan fingerprint density at radius 1 is 1.15 bits per heavy atom. The maximum Gasteiger partial charge on any atom is 0.218 e. The summed E-state index contributed by atoms with van der Waals surface area (Å²) in [6.07, 6.45) is 5.27. The van der Waals surface area contributed by atoms with Crippen LogP contribution < -0.4 is 15.4 Å². The molecule has 5 nitrogen and oxygen atoms in total. The fraction of sp³-hybridized carbons (Fsp3) is 0.250. The normalized spacial score (nSPS) is 18.1. The number of nitrogens with one attached hydrogen (secondary N) is 2. The maximum atomic E-state index is 9.79. The van der Waals surface area contributed by atoms with Crippen LogP contribution in [0.5, 0.6) is 5.88 Å². The second-order valence-corrected chi connectivity index (χ2v) is 9.13. The van der Waals surface area contributed by atoms with Gasteiger partial charge in [-0.2, -0.15) is 0 Å². The Labute approximate surface area is 205 Å². The number of fused-ring (bicyclic) bond motifs is 1. The maximum absolute atomic E-state index is 9.79. The first-order valence-electron chi connectivity index (χ1n) is 11.6. The number of aliphatic hydroxyl groups excluding tert-OH is 1. The van der Waals surface area contributed by atoms with Crippen LogP contribution >= 0.6 is 11.6 Å². The lowest BCUT2D eigenvalue weighted by atomic mass is 9.95. The van der Waals surface area contributed by atoms with Crippen molar-refractivity contribution in [1.29, 1.82) is 0 Å². The Balaban J connectivity index is 1.41. The number of ether oxygens (including phenoxy) is 1. The third-order valence-electron chi connectivity index (χ3n) is 6.55. The number of pyridine rings is 1. The molecule has 0 radical (unpaired) electrons. The van der Waals surface area contributed by atoms with E-state index in [0.717, 1.165) is 40.9 Å². The first kappa shape index (κ1) is 22.5. The molecule has 3 aromatic rings. The molecule has 6 heteroatoms. The quantitative estimate of drug-likeness (QED) is 0.449. The first-order chi connectivity index (χ1) is 16.5. The van der Waals surface area contributed by atoms with Crippen molar-refractivity contribution in [2.45, 2.75) is 38.3 Å². The number of aryl methyl sites for hydroxylation is 1. The Kier molecular flexibility index (Phi) is 6.31. The molecule has 1 unspecified atom stereocenters. The summed E-state index contributed by atoms with van der Waals surface area (Å²) in [6, 6.07) is 16.6. The molecule has 0 spiro atoms. The first-order valence-corrected chi connectivity index (χ1v) is 11.9. The summed E-state index contributed by atoms with van der Waals surface area (Å²) in [5.41, 5.74) is 9.21. The summed E-state index contributed by atoms with van der Waals surface area (Å²) in [5, 5.41) is 16.8. The van der Waals surface area contributed by atoms with Gasteiger partial charge in [-0.1, -0.05) is 54.6 Å². The zero-order valence-corrected chi connectivity index (χ0v) is 20.0. The van der Waals surface area contributed by atoms with E-state index in [2.05, 4.69) is 41.5 Å². The van der Waals surface area contributed by atoms with E-state index in [4.69, 9.17) is 21.3 Å². The van der Waals surface area contributed by atoms with Crippen molar-refractivity contribution in [2.75, 3.05) is 7.11 Å². The summed E-state index contributed by atoms with van der Waals surface area (Å²) < 4.78 is 5.59. The molecule has 174 valence electrons. The van der Waals surface area contributed by atoms with Crippen LogP contribution in [0, 0.1) is 0 Å². The van der Waals surface area contributed by atoms with Gasteiger partial charge in [-0.15, -0.1) is 0 Å². The number of hydrogen-bond donors (Lipinski definition) is 3. The van der Waals surface area contributed by atoms with Crippen LogP contribution in [0.1, 0.15) is 29.5 Å². The van der Waals surface area contributed by atoms with Gasteiger partial charge >= 0.3 is 0 Å². The second kappa shape index (κ2) is 9.53. The van der Waals surface area contributed by atoms with Crippen LogP contribution in [0.3, 0.4) is 0 Å². The number of nitrogens with zero attached hydrogens (tertiary/aromatic N) is 1. The van der Waals surface area contributed by atoms with E-state index in [1.807, 2.05) is 30.5 Å². The molecular formula is C28H28ClN3O2. The molecule has 34 heavy (non-hydrogen) atoms. The molecule has 2 aliphatic rings. The SMILES string of the molecule is C=C1N/C(=C/NCc2ccc(-c3cccc(-c4cccc5c4CCC5)c3Cl)nc2OC)CC1O. The third kappa shape index (κ3) is 4.29. The molecule has 1 saturated heterocycles. The molecule has 0 saturated carbocycles. The van der Waals surface area contributed by atoms with Crippen molar-refractivity contribution in [3.63, 3.8) is 0 Å². The molecule has 1 aliphatic carbocycles. The van der Waals surface area contributed by atoms with Gasteiger partial charge in [-0.25, -0.2) is 4.98 Å². The molecule has 1 aliphatic heterocycles. The van der Waals surface area contributed by atoms with Gasteiger partial charge in [-0.3, -0.25) is 0 Å². The minimum atomic E-state index is -0.541. The monoisotopic (exact) mass is 473 g/mol. The van der Waals surface area contributed by atoms with Crippen LogP contribution in [-0.2, 0) is 19.4 Å². The predicted octanol–water partition coefficient (Wildman–Crippen LogP) is 5.37. The minimum Gasteiger partial charge on any atom is -0.481 e. The van der Waals surface area contributed by atoms with Crippen LogP contribution in [-0.4, -0.2) is 23.3 Å². The van der Waals surface area contributed by atoms with Crippen molar-refractivity contribution >= 4 is 11.6 Å². The Morgan fingerprint density at radius 2 is 1.94 bits per heavy atom. The number of hydrogen-bond acceptors (Lipinski definition) is 5. The Morgan fingerprint density at radius 3 is 2.74 bits per heavy atom. The van der Waals surface area contributed by atoms with Gasteiger partial charge < -0.3 is 20.5 Å². The largest absolute Gasteiger partial charge is 0.481 e. The molecule has 0 amide bonds. The fourth-order valence-electron chi connectivity index (χ4n) is 4.79.